The summed E-state index contributed by atoms with van der Waals surface area (Å²) in [4.78, 5) is 12.1. The van der Waals surface area contributed by atoms with Crippen molar-refractivity contribution >= 4 is 50.5 Å². The lowest BCUT2D eigenvalue weighted by Crippen LogP contribution is -2.37. The number of para-hydroxylation sites is 1. The molecular formula is C15H13Cl2FN2O3S. The predicted octanol–water partition coefficient (Wildman–Crippen LogP) is 3.54. The quantitative estimate of drug-likeness (QED) is 0.848. The monoisotopic (exact) mass is 390 g/mol. The van der Waals surface area contributed by atoms with E-state index >= 15 is 0 Å². The molecule has 0 unspecified atom stereocenters. The van der Waals surface area contributed by atoms with Crippen LogP contribution in [0.15, 0.2) is 42.5 Å². The average Bonchev–Trinajstić information content (AvgIpc) is 2.49. The van der Waals surface area contributed by atoms with Crippen molar-refractivity contribution < 1.29 is 17.6 Å². The van der Waals surface area contributed by atoms with Crippen molar-refractivity contribution in [1.29, 1.82) is 0 Å². The van der Waals surface area contributed by atoms with Gasteiger partial charge in [-0.25, -0.2) is 12.8 Å². The van der Waals surface area contributed by atoms with Gasteiger partial charge in [-0.2, -0.15) is 0 Å². The summed E-state index contributed by atoms with van der Waals surface area (Å²) in [6.45, 7) is -0.537. The highest BCUT2D eigenvalue weighted by Gasteiger charge is 2.22. The molecule has 0 atom stereocenters. The number of nitrogens with zero attached hydrogens (tertiary/aromatic N) is 1. The molecule has 0 saturated heterocycles. The zero-order valence-corrected chi connectivity index (χ0v) is 14.8. The number of carbonyl (C=O) groups is 1. The highest BCUT2D eigenvalue weighted by Crippen LogP contribution is 2.28. The summed E-state index contributed by atoms with van der Waals surface area (Å²) >= 11 is 11.7. The fraction of sp³-hybridized carbons (Fsp3) is 0.133. The zero-order chi connectivity index (χ0) is 17.9. The first-order valence-corrected chi connectivity index (χ1v) is 9.26. The summed E-state index contributed by atoms with van der Waals surface area (Å²) in [5, 5.41) is 2.73. The van der Waals surface area contributed by atoms with Gasteiger partial charge in [0.15, 0.2) is 0 Å². The molecule has 128 valence electrons. The highest BCUT2D eigenvalue weighted by atomic mass is 35.5. The van der Waals surface area contributed by atoms with E-state index in [1.807, 2.05) is 0 Å². The topological polar surface area (TPSA) is 66.5 Å². The molecule has 2 aromatic carbocycles. The van der Waals surface area contributed by atoms with Crippen LogP contribution in [0.4, 0.5) is 15.8 Å². The minimum absolute atomic E-state index is 0.0370. The molecule has 0 bridgehead atoms. The summed E-state index contributed by atoms with van der Waals surface area (Å²) in [7, 11) is -3.77. The number of hydrogen-bond donors (Lipinski definition) is 1. The Hall–Kier alpha value is -1.83. The third-order valence-corrected chi connectivity index (χ3v) is 4.91. The molecule has 0 radical (unpaired) electrons. The number of carbonyl (C=O) groups excluding carboxylic acids is 1. The molecule has 2 aromatic rings. The van der Waals surface area contributed by atoms with Crippen LogP contribution in [0.25, 0.3) is 0 Å². The van der Waals surface area contributed by atoms with E-state index in [9.17, 15) is 17.6 Å². The van der Waals surface area contributed by atoms with Gasteiger partial charge in [-0.05, 0) is 30.3 Å². The molecule has 0 heterocycles. The van der Waals surface area contributed by atoms with Crippen molar-refractivity contribution in [3.05, 3.63) is 58.3 Å². The molecule has 5 nitrogen and oxygen atoms in total. The number of hydrogen-bond acceptors (Lipinski definition) is 3. The Balaban J connectivity index is 2.25. The van der Waals surface area contributed by atoms with Crippen LogP contribution in [0.5, 0.6) is 0 Å². The van der Waals surface area contributed by atoms with E-state index in [2.05, 4.69) is 5.32 Å². The van der Waals surface area contributed by atoms with Gasteiger partial charge in [-0.1, -0.05) is 35.3 Å². The lowest BCUT2D eigenvalue weighted by atomic mass is 10.3. The van der Waals surface area contributed by atoms with E-state index in [0.29, 0.717) is 0 Å². The number of rotatable bonds is 5. The number of halogens is 3. The zero-order valence-electron chi connectivity index (χ0n) is 12.5. The van der Waals surface area contributed by atoms with Gasteiger partial charge in [0.25, 0.3) is 0 Å². The Morgan fingerprint density at radius 2 is 1.83 bits per heavy atom. The van der Waals surface area contributed by atoms with Crippen molar-refractivity contribution in [2.45, 2.75) is 0 Å². The van der Waals surface area contributed by atoms with Gasteiger partial charge in [-0.15, -0.1) is 0 Å². The molecule has 0 fully saturated rings. The first-order valence-electron chi connectivity index (χ1n) is 6.65. The fourth-order valence-electron chi connectivity index (χ4n) is 1.92. The normalized spacial score (nSPS) is 11.2. The molecule has 0 saturated carbocycles. The molecule has 0 spiro atoms. The van der Waals surface area contributed by atoms with Gasteiger partial charge in [0.2, 0.25) is 15.9 Å². The van der Waals surface area contributed by atoms with Gasteiger partial charge < -0.3 is 5.32 Å². The second kappa shape index (κ2) is 7.38. The molecule has 1 N–H and O–H groups in total. The first-order chi connectivity index (χ1) is 11.2. The van der Waals surface area contributed by atoms with Crippen LogP contribution in [0.2, 0.25) is 10.0 Å². The molecular weight excluding hydrogens is 378 g/mol. The van der Waals surface area contributed by atoms with Crippen LogP contribution in [0.3, 0.4) is 0 Å². The van der Waals surface area contributed by atoms with Crippen LogP contribution in [-0.4, -0.2) is 27.1 Å². The standard InChI is InChI=1S/C15H13Cl2FN2O3S/c1-24(22,23)20(10-6-7-11(16)12(17)8-10)9-15(21)19-14-5-3-2-4-13(14)18/h2-8H,9H2,1H3,(H,19,21). The smallest absolute Gasteiger partial charge is 0.245 e. The summed E-state index contributed by atoms with van der Waals surface area (Å²) in [6, 6.07) is 9.76. The Morgan fingerprint density at radius 1 is 1.17 bits per heavy atom. The maximum absolute atomic E-state index is 13.6. The van der Waals surface area contributed by atoms with Gasteiger partial charge in [0.05, 0.1) is 27.7 Å². The molecule has 0 aliphatic carbocycles. The fourth-order valence-corrected chi connectivity index (χ4v) is 3.06. The molecule has 0 aliphatic heterocycles. The van der Waals surface area contributed by atoms with Crippen molar-refractivity contribution in [3.63, 3.8) is 0 Å². The van der Waals surface area contributed by atoms with Crippen LogP contribution in [-0.2, 0) is 14.8 Å². The number of amides is 1. The van der Waals surface area contributed by atoms with E-state index in [1.54, 1.807) is 6.07 Å². The van der Waals surface area contributed by atoms with E-state index in [0.717, 1.165) is 10.6 Å². The lowest BCUT2D eigenvalue weighted by molar-refractivity contribution is -0.114. The number of sulfonamides is 1. The molecule has 0 aromatic heterocycles. The van der Waals surface area contributed by atoms with Gasteiger partial charge in [0, 0.05) is 0 Å². The van der Waals surface area contributed by atoms with Crippen molar-refractivity contribution in [2.24, 2.45) is 0 Å². The van der Waals surface area contributed by atoms with E-state index in [-0.39, 0.29) is 21.4 Å². The van der Waals surface area contributed by atoms with Crippen LogP contribution >= 0.6 is 23.2 Å². The Kier molecular flexibility index (Phi) is 5.69. The van der Waals surface area contributed by atoms with E-state index < -0.39 is 28.3 Å². The molecule has 1 amide bonds. The van der Waals surface area contributed by atoms with Gasteiger partial charge in [0.1, 0.15) is 12.4 Å². The van der Waals surface area contributed by atoms with Gasteiger partial charge in [-0.3, -0.25) is 9.10 Å². The second-order valence-electron chi connectivity index (χ2n) is 4.90. The number of benzene rings is 2. The maximum Gasteiger partial charge on any atom is 0.245 e. The Morgan fingerprint density at radius 3 is 2.42 bits per heavy atom. The molecule has 9 heteroatoms. The van der Waals surface area contributed by atoms with E-state index in [1.165, 1.54) is 36.4 Å². The lowest BCUT2D eigenvalue weighted by Gasteiger charge is -2.22. The van der Waals surface area contributed by atoms with E-state index in [4.69, 9.17) is 23.2 Å². The van der Waals surface area contributed by atoms with Crippen molar-refractivity contribution in [3.8, 4) is 0 Å². The van der Waals surface area contributed by atoms with Crippen LogP contribution in [0, 0.1) is 5.82 Å². The minimum atomic E-state index is -3.77. The highest BCUT2D eigenvalue weighted by molar-refractivity contribution is 7.92. The van der Waals surface area contributed by atoms with Gasteiger partial charge >= 0.3 is 0 Å². The summed E-state index contributed by atoms with van der Waals surface area (Å²) in [5.41, 5.74) is 0.140. The summed E-state index contributed by atoms with van der Waals surface area (Å²) < 4.78 is 38.4. The third kappa shape index (κ3) is 4.59. The molecule has 0 aliphatic rings. The summed E-state index contributed by atoms with van der Waals surface area (Å²) in [5.74, 6) is -1.32. The SMILES string of the molecule is CS(=O)(=O)N(CC(=O)Nc1ccccc1F)c1ccc(Cl)c(Cl)c1. The van der Waals surface area contributed by atoms with Crippen molar-refractivity contribution in [2.75, 3.05) is 22.4 Å². The summed E-state index contributed by atoms with van der Waals surface area (Å²) in [6.07, 6.45) is 0.950. The second-order valence-corrected chi connectivity index (χ2v) is 7.62. The average molecular weight is 391 g/mol. The largest absolute Gasteiger partial charge is 0.322 e. The predicted molar refractivity (Wildman–Crippen MR) is 93.7 cm³/mol. The van der Waals surface area contributed by atoms with Crippen LogP contribution < -0.4 is 9.62 Å². The Labute approximate surface area is 149 Å². The molecule has 2 rings (SSSR count). The Bertz CT molecular complexity index is 875. The first kappa shape index (κ1) is 18.5. The number of anilines is 2. The third-order valence-electron chi connectivity index (χ3n) is 3.03. The van der Waals surface area contributed by atoms with Crippen molar-refractivity contribution in [1.82, 2.24) is 0 Å². The van der Waals surface area contributed by atoms with Crippen LogP contribution in [0.1, 0.15) is 0 Å². The molecule has 24 heavy (non-hydrogen) atoms. The maximum atomic E-state index is 13.6. The number of nitrogens with one attached hydrogen (secondary N) is 1. The minimum Gasteiger partial charge on any atom is -0.322 e.